The molecular formula is C33H33N2+. The van der Waals surface area contributed by atoms with Gasteiger partial charge in [-0.15, -0.1) is 0 Å². The van der Waals surface area contributed by atoms with Crippen LogP contribution in [0.3, 0.4) is 0 Å². The van der Waals surface area contributed by atoms with E-state index in [0.29, 0.717) is 0 Å². The Kier molecular flexibility index (Phi) is 9.26. The zero-order chi connectivity index (χ0) is 24.0. The third-order valence-electron chi connectivity index (χ3n) is 5.73. The van der Waals surface area contributed by atoms with Crippen LogP contribution in [0.5, 0.6) is 0 Å². The van der Waals surface area contributed by atoms with Crippen molar-refractivity contribution in [2.24, 2.45) is 0 Å². The Hall–Kier alpha value is -4.17. The molecule has 4 aromatic rings. The zero-order valence-electron chi connectivity index (χ0n) is 20.2. The number of benzene rings is 4. The lowest BCUT2D eigenvalue weighted by Crippen LogP contribution is -2.16. The quantitative estimate of drug-likeness (QED) is 0.131. The van der Waals surface area contributed by atoms with Gasteiger partial charge in [0.05, 0.1) is 0 Å². The first-order chi connectivity index (χ1) is 17.3. The normalized spacial score (nSPS) is 11.1. The lowest BCUT2D eigenvalue weighted by atomic mass is 10.2. The highest BCUT2D eigenvalue weighted by atomic mass is 15.1. The Morgan fingerprint density at radius 1 is 0.457 bits per heavy atom. The van der Waals surface area contributed by atoms with Gasteiger partial charge in [0.15, 0.2) is 19.3 Å². The van der Waals surface area contributed by atoms with Crippen LogP contribution in [0.4, 0.5) is 0 Å². The maximum Gasteiger partial charge on any atom is 0.168 e. The van der Waals surface area contributed by atoms with Crippen LogP contribution in [0.1, 0.15) is 22.3 Å². The summed E-state index contributed by atoms with van der Waals surface area (Å²) in [6.07, 6.45) is 10.7. The van der Waals surface area contributed by atoms with Gasteiger partial charge in [-0.3, -0.25) is 0 Å². The van der Waals surface area contributed by atoms with E-state index in [1.807, 2.05) is 0 Å². The predicted octanol–water partition coefficient (Wildman–Crippen LogP) is 7.24. The summed E-state index contributed by atoms with van der Waals surface area (Å²) < 4.78 is 2.35. The molecule has 0 aliphatic rings. The number of allylic oxidation sites excluding steroid dienone is 3. The van der Waals surface area contributed by atoms with Gasteiger partial charge in [0, 0.05) is 30.3 Å². The lowest BCUT2D eigenvalue weighted by Gasteiger charge is -2.20. The van der Waals surface area contributed by atoms with Crippen LogP contribution in [-0.2, 0) is 26.2 Å². The van der Waals surface area contributed by atoms with E-state index in [9.17, 15) is 0 Å². The second kappa shape index (κ2) is 13.5. The molecule has 0 atom stereocenters. The van der Waals surface area contributed by atoms with Crippen molar-refractivity contribution in [2.75, 3.05) is 0 Å². The van der Waals surface area contributed by atoms with Gasteiger partial charge in [-0.25, -0.2) is 4.58 Å². The first-order valence-corrected chi connectivity index (χ1v) is 12.2. The molecule has 2 heteroatoms. The van der Waals surface area contributed by atoms with E-state index < -0.39 is 0 Å². The summed E-state index contributed by atoms with van der Waals surface area (Å²) in [6, 6.07) is 42.5. The maximum atomic E-state index is 2.35. The van der Waals surface area contributed by atoms with Gasteiger partial charge in [-0.1, -0.05) is 127 Å². The topological polar surface area (TPSA) is 6.25 Å². The maximum absolute atomic E-state index is 2.35. The monoisotopic (exact) mass is 457 g/mol. The Balaban J connectivity index is 1.46. The average Bonchev–Trinajstić information content (AvgIpc) is 2.91. The standard InChI is InChI=1S/C33H33N2/c1-6-16-30(17-7-1)26-34(27-31-18-8-2-9-19-31)24-14-5-15-25-35(28-32-20-10-3-11-21-32)29-33-22-12-4-13-23-33/h1-25H,26-29H2/q+1. The van der Waals surface area contributed by atoms with Crippen molar-refractivity contribution >= 4 is 6.21 Å². The Labute approximate surface area is 209 Å². The van der Waals surface area contributed by atoms with E-state index in [2.05, 4.69) is 161 Å². The van der Waals surface area contributed by atoms with E-state index in [4.69, 9.17) is 0 Å². The first kappa shape index (κ1) is 24.0. The van der Waals surface area contributed by atoms with Gasteiger partial charge in [0.25, 0.3) is 0 Å². The van der Waals surface area contributed by atoms with E-state index in [1.54, 1.807) is 0 Å². The third kappa shape index (κ3) is 8.60. The molecule has 0 saturated heterocycles. The van der Waals surface area contributed by atoms with Crippen LogP contribution in [0.2, 0.25) is 0 Å². The molecule has 174 valence electrons. The van der Waals surface area contributed by atoms with Crippen LogP contribution in [-0.4, -0.2) is 15.7 Å². The molecule has 0 amide bonds. The number of hydrogen-bond donors (Lipinski definition) is 0. The molecule has 0 bridgehead atoms. The second-order valence-electron chi connectivity index (χ2n) is 8.63. The molecule has 0 unspecified atom stereocenters. The van der Waals surface area contributed by atoms with Crippen molar-refractivity contribution in [2.45, 2.75) is 26.2 Å². The summed E-state index contributed by atoms with van der Waals surface area (Å²) in [5.74, 6) is 0. The van der Waals surface area contributed by atoms with Crippen LogP contribution >= 0.6 is 0 Å². The Morgan fingerprint density at radius 3 is 1.29 bits per heavy atom. The predicted molar refractivity (Wildman–Crippen MR) is 147 cm³/mol. The summed E-state index contributed by atoms with van der Waals surface area (Å²) >= 11 is 0. The molecule has 0 spiro atoms. The van der Waals surface area contributed by atoms with Crippen LogP contribution in [0.15, 0.2) is 146 Å². The van der Waals surface area contributed by atoms with Crippen molar-refractivity contribution < 1.29 is 4.58 Å². The van der Waals surface area contributed by atoms with Crippen molar-refractivity contribution in [3.05, 3.63) is 168 Å². The van der Waals surface area contributed by atoms with Crippen molar-refractivity contribution in [3.63, 3.8) is 0 Å². The van der Waals surface area contributed by atoms with E-state index in [-0.39, 0.29) is 0 Å². The molecule has 0 N–H and O–H groups in total. The molecule has 0 heterocycles. The fourth-order valence-electron chi connectivity index (χ4n) is 4.00. The minimum Gasteiger partial charge on any atom is -0.369 e. The molecular weight excluding hydrogens is 424 g/mol. The number of hydrogen-bond acceptors (Lipinski definition) is 1. The smallest absolute Gasteiger partial charge is 0.168 e. The van der Waals surface area contributed by atoms with Crippen LogP contribution < -0.4 is 0 Å². The van der Waals surface area contributed by atoms with Gasteiger partial charge in [-0.05, 0) is 23.4 Å². The Bertz CT molecular complexity index is 1130. The third-order valence-corrected chi connectivity index (χ3v) is 5.73. The average molecular weight is 458 g/mol. The highest BCUT2D eigenvalue weighted by Gasteiger charge is 2.06. The molecule has 4 aromatic carbocycles. The summed E-state index contributed by atoms with van der Waals surface area (Å²) in [5.41, 5.74) is 5.22. The van der Waals surface area contributed by atoms with Crippen molar-refractivity contribution in [3.8, 4) is 0 Å². The summed E-state index contributed by atoms with van der Waals surface area (Å²) in [5, 5.41) is 0. The lowest BCUT2D eigenvalue weighted by molar-refractivity contribution is -0.554. The fraction of sp³-hybridized carbons (Fsp3) is 0.121. The Morgan fingerprint density at radius 2 is 0.857 bits per heavy atom. The largest absolute Gasteiger partial charge is 0.369 e. The summed E-state index contributed by atoms with van der Waals surface area (Å²) in [7, 11) is 0. The fourth-order valence-corrected chi connectivity index (χ4v) is 4.00. The van der Waals surface area contributed by atoms with Gasteiger partial charge < -0.3 is 4.90 Å². The molecule has 0 aromatic heterocycles. The van der Waals surface area contributed by atoms with Crippen molar-refractivity contribution in [1.29, 1.82) is 0 Å². The molecule has 0 radical (unpaired) electrons. The highest BCUT2D eigenvalue weighted by Crippen LogP contribution is 2.11. The summed E-state index contributed by atoms with van der Waals surface area (Å²) in [6.45, 7) is 3.49. The van der Waals surface area contributed by atoms with Crippen LogP contribution in [0, 0.1) is 0 Å². The van der Waals surface area contributed by atoms with Gasteiger partial charge in [0.1, 0.15) is 0 Å². The molecule has 2 nitrogen and oxygen atoms in total. The van der Waals surface area contributed by atoms with Gasteiger partial charge in [-0.2, -0.15) is 0 Å². The second-order valence-corrected chi connectivity index (χ2v) is 8.63. The first-order valence-electron chi connectivity index (χ1n) is 12.2. The minimum atomic E-state index is 0.873. The molecule has 0 aliphatic heterocycles. The minimum absolute atomic E-state index is 0.873. The number of rotatable bonds is 11. The summed E-state index contributed by atoms with van der Waals surface area (Å²) in [4.78, 5) is 2.35. The van der Waals surface area contributed by atoms with E-state index in [1.165, 1.54) is 22.3 Å². The number of nitrogens with zero attached hydrogens (tertiary/aromatic N) is 2. The highest BCUT2D eigenvalue weighted by molar-refractivity contribution is 5.66. The molecule has 0 aliphatic carbocycles. The van der Waals surface area contributed by atoms with Gasteiger partial charge >= 0.3 is 0 Å². The molecule has 0 saturated carbocycles. The molecule has 4 rings (SSSR count). The SMILES string of the molecule is C(/C=C/C=C/N(Cc1ccccc1)Cc1ccccc1)=[N+](Cc1ccccc1)Cc1ccccc1. The zero-order valence-corrected chi connectivity index (χ0v) is 20.2. The van der Waals surface area contributed by atoms with Crippen molar-refractivity contribution in [1.82, 2.24) is 4.90 Å². The van der Waals surface area contributed by atoms with E-state index >= 15 is 0 Å². The van der Waals surface area contributed by atoms with Gasteiger partial charge in [0.2, 0.25) is 0 Å². The molecule has 35 heavy (non-hydrogen) atoms. The van der Waals surface area contributed by atoms with E-state index in [0.717, 1.165) is 26.2 Å². The molecule has 0 fully saturated rings. The van der Waals surface area contributed by atoms with Crippen LogP contribution in [0.25, 0.3) is 0 Å².